The first-order valence-electron chi connectivity index (χ1n) is 3.90. The Bertz CT molecular complexity index is 274. The van der Waals surface area contributed by atoms with Crippen LogP contribution in [-0.2, 0) is 13.0 Å². The van der Waals surface area contributed by atoms with Gasteiger partial charge in [0.1, 0.15) is 0 Å². The van der Waals surface area contributed by atoms with Crippen LogP contribution in [0, 0.1) is 0 Å². The first-order valence-corrected chi connectivity index (χ1v) is 3.90. The summed E-state index contributed by atoms with van der Waals surface area (Å²) in [5, 5.41) is 4.10. The predicted octanol–water partition coefficient (Wildman–Crippen LogP) is 0.849. The van der Waals surface area contributed by atoms with Gasteiger partial charge in [0, 0.05) is 37.3 Å². The van der Waals surface area contributed by atoms with Crippen LogP contribution in [0.2, 0.25) is 0 Å². The van der Waals surface area contributed by atoms with E-state index in [9.17, 15) is 0 Å². The van der Waals surface area contributed by atoms with Gasteiger partial charge in [-0.2, -0.15) is 5.10 Å². The highest BCUT2D eigenvalue weighted by atomic mass is 15.3. The lowest BCUT2D eigenvalue weighted by Crippen LogP contribution is -2.01. The summed E-state index contributed by atoms with van der Waals surface area (Å²) in [7, 11) is 0. The van der Waals surface area contributed by atoms with Crippen LogP contribution < -0.4 is 0 Å². The SMILES string of the molecule is c1cnn(CCc2cnc[nH]2)c1. The van der Waals surface area contributed by atoms with Gasteiger partial charge in [0.15, 0.2) is 0 Å². The number of H-pyrrole nitrogens is 1. The third-order valence-corrected chi connectivity index (χ3v) is 1.72. The van der Waals surface area contributed by atoms with Crippen LogP contribution in [0.5, 0.6) is 0 Å². The molecule has 0 saturated heterocycles. The summed E-state index contributed by atoms with van der Waals surface area (Å²) in [5.74, 6) is 0. The number of imidazole rings is 1. The van der Waals surface area contributed by atoms with Crippen LogP contribution in [0.15, 0.2) is 31.0 Å². The van der Waals surface area contributed by atoms with Crippen LogP contribution in [0.1, 0.15) is 5.69 Å². The molecule has 0 aliphatic carbocycles. The smallest absolute Gasteiger partial charge is 0.0921 e. The van der Waals surface area contributed by atoms with Gasteiger partial charge in [0.25, 0.3) is 0 Å². The molecule has 2 rings (SSSR count). The van der Waals surface area contributed by atoms with E-state index in [-0.39, 0.29) is 0 Å². The van der Waals surface area contributed by atoms with Gasteiger partial charge in [-0.3, -0.25) is 4.68 Å². The van der Waals surface area contributed by atoms with Crippen molar-refractivity contribution in [2.24, 2.45) is 0 Å². The summed E-state index contributed by atoms with van der Waals surface area (Å²) in [6.07, 6.45) is 8.22. The van der Waals surface area contributed by atoms with E-state index in [1.54, 1.807) is 12.5 Å². The summed E-state index contributed by atoms with van der Waals surface area (Å²) in [4.78, 5) is 6.98. The molecule has 0 spiro atoms. The van der Waals surface area contributed by atoms with E-state index in [4.69, 9.17) is 0 Å². The van der Waals surface area contributed by atoms with Crippen molar-refractivity contribution in [3.8, 4) is 0 Å². The maximum atomic E-state index is 4.10. The molecular formula is C8H10N4. The number of aromatic nitrogens is 4. The monoisotopic (exact) mass is 162 g/mol. The summed E-state index contributed by atoms with van der Waals surface area (Å²) in [6.45, 7) is 0.898. The lowest BCUT2D eigenvalue weighted by molar-refractivity contribution is 0.609. The van der Waals surface area contributed by atoms with Crippen molar-refractivity contribution in [1.29, 1.82) is 0 Å². The highest BCUT2D eigenvalue weighted by Gasteiger charge is 1.94. The van der Waals surface area contributed by atoms with Crippen molar-refractivity contribution in [3.63, 3.8) is 0 Å². The lowest BCUT2D eigenvalue weighted by atomic mass is 10.3. The van der Waals surface area contributed by atoms with Crippen LogP contribution in [0.3, 0.4) is 0 Å². The predicted molar refractivity (Wildman–Crippen MR) is 44.5 cm³/mol. The highest BCUT2D eigenvalue weighted by molar-refractivity contribution is 4.94. The number of aromatic amines is 1. The van der Waals surface area contributed by atoms with Gasteiger partial charge in [-0.25, -0.2) is 4.98 Å². The maximum absolute atomic E-state index is 4.10. The van der Waals surface area contributed by atoms with Gasteiger partial charge in [0.2, 0.25) is 0 Å². The first-order chi connectivity index (χ1) is 5.95. The second kappa shape index (κ2) is 3.21. The van der Waals surface area contributed by atoms with Crippen LogP contribution >= 0.6 is 0 Å². The van der Waals surface area contributed by atoms with Gasteiger partial charge < -0.3 is 4.98 Å². The van der Waals surface area contributed by atoms with Crippen molar-refractivity contribution in [2.45, 2.75) is 13.0 Å². The number of nitrogens with zero attached hydrogens (tertiary/aromatic N) is 3. The molecule has 0 radical (unpaired) electrons. The fraction of sp³-hybridized carbons (Fsp3) is 0.250. The zero-order valence-corrected chi connectivity index (χ0v) is 6.64. The molecule has 0 aliphatic heterocycles. The molecule has 0 bridgehead atoms. The van der Waals surface area contributed by atoms with Gasteiger partial charge in [-0.1, -0.05) is 0 Å². The van der Waals surface area contributed by atoms with Gasteiger partial charge >= 0.3 is 0 Å². The molecule has 0 aromatic carbocycles. The van der Waals surface area contributed by atoms with Crippen molar-refractivity contribution < 1.29 is 0 Å². The third-order valence-electron chi connectivity index (χ3n) is 1.72. The molecule has 0 amide bonds. The molecule has 2 heterocycles. The van der Waals surface area contributed by atoms with E-state index in [0.717, 1.165) is 18.7 Å². The summed E-state index contributed by atoms with van der Waals surface area (Å²) >= 11 is 0. The third kappa shape index (κ3) is 1.53. The van der Waals surface area contributed by atoms with Gasteiger partial charge in [0.05, 0.1) is 6.33 Å². The van der Waals surface area contributed by atoms with Crippen LogP contribution in [0.4, 0.5) is 0 Å². The Balaban J connectivity index is 1.91. The van der Waals surface area contributed by atoms with Crippen molar-refractivity contribution in [3.05, 3.63) is 36.7 Å². The van der Waals surface area contributed by atoms with Crippen molar-refractivity contribution in [2.75, 3.05) is 0 Å². The molecule has 0 atom stereocenters. The summed E-state index contributed by atoms with van der Waals surface area (Å²) in [6, 6.07) is 1.92. The standard InChI is InChI=1S/C8H10N4/c1-3-11-12(4-1)5-2-8-6-9-7-10-8/h1,3-4,6-7H,2,5H2,(H,9,10). The minimum Gasteiger partial charge on any atom is -0.348 e. The average Bonchev–Trinajstić information content (AvgIpc) is 2.74. The summed E-state index contributed by atoms with van der Waals surface area (Å²) in [5.41, 5.74) is 1.14. The molecule has 2 aromatic rings. The topological polar surface area (TPSA) is 46.5 Å². The number of rotatable bonds is 3. The summed E-state index contributed by atoms with van der Waals surface area (Å²) < 4.78 is 1.90. The van der Waals surface area contributed by atoms with Crippen LogP contribution in [0.25, 0.3) is 0 Å². The zero-order valence-electron chi connectivity index (χ0n) is 6.64. The maximum Gasteiger partial charge on any atom is 0.0921 e. The largest absolute Gasteiger partial charge is 0.348 e. The Morgan fingerprint density at radius 2 is 2.50 bits per heavy atom. The van der Waals surface area contributed by atoms with Gasteiger partial charge in [-0.05, 0) is 6.07 Å². The minimum absolute atomic E-state index is 0.898. The second-order valence-corrected chi connectivity index (χ2v) is 2.60. The molecule has 1 N–H and O–H groups in total. The van der Waals surface area contributed by atoms with Gasteiger partial charge in [-0.15, -0.1) is 0 Å². The van der Waals surface area contributed by atoms with E-state index in [1.165, 1.54) is 0 Å². The molecule has 12 heavy (non-hydrogen) atoms. The fourth-order valence-electron chi connectivity index (χ4n) is 1.09. The van der Waals surface area contributed by atoms with Crippen LogP contribution in [-0.4, -0.2) is 19.7 Å². The van der Waals surface area contributed by atoms with E-state index in [0.29, 0.717) is 0 Å². The second-order valence-electron chi connectivity index (χ2n) is 2.60. The molecule has 0 fully saturated rings. The number of hydrogen-bond donors (Lipinski definition) is 1. The molecule has 4 nitrogen and oxygen atoms in total. The molecule has 4 heteroatoms. The average molecular weight is 162 g/mol. The molecule has 0 saturated carbocycles. The van der Waals surface area contributed by atoms with E-state index in [1.807, 2.05) is 23.1 Å². The van der Waals surface area contributed by atoms with Crippen molar-refractivity contribution >= 4 is 0 Å². The highest BCUT2D eigenvalue weighted by Crippen LogP contribution is 1.95. The Kier molecular flexibility index (Phi) is 1.90. The molecule has 0 unspecified atom stereocenters. The molecular weight excluding hydrogens is 152 g/mol. The minimum atomic E-state index is 0.898. The number of hydrogen-bond acceptors (Lipinski definition) is 2. The first kappa shape index (κ1) is 7.09. The van der Waals surface area contributed by atoms with E-state index in [2.05, 4.69) is 15.1 Å². The number of aryl methyl sites for hydroxylation is 2. The quantitative estimate of drug-likeness (QED) is 0.727. The Labute approximate surface area is 70.3 Å². The van der Waals surface area contributed by atoms with Crippen molar-refractivity contribution in [1.82, 2.24) is 19.7 Å². The Morgan fingerprint density at radius 1 is 1.50 bits per heavy atom. The zero-order chi connectivity index (χ0) is 8.23. The molecule has 62 valence electrons. The van der Waals surface area contributed by atoms with E-state index >= 15 is 0 Å². The van der Waals surface area contributed by atoms with E-state index < -0.39 is 0 Å². The molecule has 0 aliphatic rings. The number of nitrogens with one attached hydrogen (secondary N) is 1. The fourth-order valence-corrected chi connectivity index (χ4v) is 1.09. The normalized spacial score (nSPS) is 10.3. The molecule has 2 aromatic heterocycles. The Morgan fingerprint density at radius 3 is 3.17 bits per heavy atom. The Hall–Kier alpha value is -1.58. The lowest BCUT2D eigenvalue weighted by Gasteiger charge is -1.97.